The Morgan fingerprint density at radius 3 is 2.24 bits per heavy atom. The average molecular weight is 465 g/mol. The van der Waals surface area contributed by atoms with Gasteiger partial charge in [-0.15, -0.1) is 0 Å². The van der Waals surface area contributed by atoms with Gasteiger partial charge in [0.15, 0.2) is 9.84 Å². The van der Waals surface area contributed by atoms with Crippen LogP contribution in [-0.4, -0.2) is 32.5 Å². The van der Waals surface area contributed by atoms with Crippen LogP contribution in [0.5, 0.6) is 0 Å². The lowest BCUT2D eigenvalue weighted by Crippen LogP contribution is -2.30. The van der Waals surface area contributed by atoms with Crippen molar-refractivity contribution in [3.05, 3.63) is 95.1 Å². The molecule has 0 aromatic heterocycles. The van der Waals surface area contributed by atoms with Gasteiger partial charge in [-0.25, -0.2) is 8.42 Å². The minimum Gasteiger partial charge on any atom is -0.325 e. The van der Waals surface area contributed by atoms with E-state index in [-0.39, 0.29) is 11.7 Å². The van der Waals surface area contributed by atoms with Gasteiger partial charge in [-0.05, 0) is 68.3 Å². The van der Waals surface area contributed by atoms with E-state index in [9.17, 15) is 18.0 Å². The summed E-state index contributed by atoms with van der Waals surface area (Å²) in [5.74, 6) is -1.77. The predicted octanol–water partition coefficient (Wildman–Crippen LogP) is 4.52. The molecule has 2 amide bonds. The van der Waals surface area contributed by atoms with Gasteiger partial charge in [-0.3, -0.25) is 9.59 Å². The fraction of sp³-hybridized carbons (Fsp3) is 0.231. The first kappa shape index (κ1) is 24.2. The Morgan fingerprint density at radius 1 is 0.879 bits per heavy atom. The molecule has 33 heavy (non-hydrogen) atoms. The summed E-state index contributed by atoms with van der Waals surface area (Å²) in [6, 6.07) is 21.3. The maximum absolute atomic E-state index is 13.1. The van der Waals surface area contributed by atoms with Gasteiger partial charge in [0.25, 0.3) is 5.91 Å². The molecular weight excluding hydrogens is 436 g/mol. The minimum absolute atomic E-state index is 0.209. The van der Waals surface area contributed by atoms with Crippen LogP contribution in [0.3, 0.4) is 0 Å². The summed E-state index contributed by atoms with van der Waals surface area (Å²) in [5.41, 5.74) is 4.28. The Hall–Kier alpha value is -3.45. The molecule has 0 saturated heterocycles. The number of sulfone groups is 1. The smallest absolute Gasteiger partial charge is 0.258 e. The number of rotatable bonds is 8. The number of amides is 2. The van der Waals surface area contributed by atoms with Crippen LogP contribution in [0.2, 0.25) is 0 Å². The first-order chi connectivity index (χ1) is 15.7. The van der Waals surface area contributed by atoms with Crippen molar-refractivity contribution in [1.29, 1.82) is 0 Å². The Morgan fingerprint density at radius 2 is 1.58 bits per heavy atom. The van der Waals surface area contributed by atoms with Gasteiger partial charge in [-0.1, -0.05) is 42.0 Å². The van der Waals surface area contributed by atoms with Gasteiger partial charge in [0.1, 0.15) is 5.75 Å². The molecule has 0 atom stereocenters. The number of carbonyl (C=O) groups excluding carboxylic acids is 2. The molecule has 0 unspecified atom stereocenters. The molecule has 0 bridgehead atoms. The molecule has 3 aromatic carbocycles. The van der Waals surface area contributed by atoms with Crippen molar-refractivity contribution in [3.63, 3.8) is 0 Å². The highest BCUT2D eigenvalue weighted by atomic mass is 32.2. The number of nitrogens with one attached hydrogen (secondary N) is 1. The molecule has 6 nitrogen and oxygen atoms in total. The van der Waals surface area contributed by atoms with E-state index in [1.54, 1.807) is 41.3 Å². The van der Waals surface area contributed by atoms with Crippen LogP contribution in [-0.2, 0) is 20.4 Å². The quantitative estimate of drug-likeness (QED) is 0.531. The molecule has 172 valence electrons. The second kappa shape index (κ2) is 10.4. The van der Waals surface area contributed by atoms with Crippen LogP contribution in [0, 0.1) is 13.8 Å². The lowest BCUT2D eigenvalue weighted by Gasteiger charge is -2.22. The summed E-state index contributed by atoms with van der Waals surface area (Å²) >= 11 is 0. The maximum atomic E-state index is 13.1. The van der Waals surface area contributed by atoms with Gasteiger partial charge in [0.2, 0.25) is 5.91 Å². The van der Waals surface area contributed by atoms with Gasteiger partial charge in [-0.2, -0.15) is 0 Å². The Kier molecular flexibility index (Phi) is 7.66. The summed E-state index contributed by atoms with van der Waals surface area (Å²) in [7, 11) is -3.73. The molecule has 0 fully saturated rings. The van der Waals surface area contributed by atoms with Crippen LogP contribution < -0.4 is 10.2 Å². The van der Waals surface area contributed by atoms with E-state index in [0.717, 1.165) is 16.8 Å². The molecule has 1 N–H and O–H groups in total. The van der Waals surface area contributed by atoms with Crippen molar-refractivity contribution in [2.75, 3.05) is 22.5 Å². The highest BCUT2D eigenvalue weighted by Gasteiger charge is 2.20. The highest BCUT2D eigenvalue weighted by Crippen LogP contribution is 2.20. The second-order valence-corrected chi connectivity index (χ2v) is 10.1. The summed E-state index contributed by atoms with van der Waals surface area (Å²) < 4.78 is 25.3. The topological polar surface area (TPSA) is 83.6 Å². The predicted molar refractivity (Wildman–Crippen MR) is 132 cm³/mol. The lowest BCUT2D eigenvalue weighted by molar-refractivity contribution is -0.113. The Balaban J connectivity index is 1.71. The maximum Gasteiger partial charge on any atom is 0.258 e. The molecule has 0 radical (unpaired) electrons. The number of carbonyl (C=O) groups is 2. The lowest BCUT2D eigenvalue weighted by atomic mass is 10.1. The molecule has 0 spiro atoms. The van der Waals surface area contributed by atoms with E-state index >= 15 is 0 Å². The van der Waals surface area contributed by atoms with Crippen LogP contribution in [0.4, 0.5) is 11.4 Å². The van der Waals surface area contributed by atoms with Crippen molar-refractivity contribution in [2.45, 2.75) is 26.5 Å². The van der Waals surface area contributed by atoms with Crippen LogP contribution in [0.15, 0.2) is 72.8 Å². The fourth-order valence-electron chi connectivity index (χ4n) is 3.53. The summed E-state index contributed by atoms with van der Waals surface area (Å²) in [5, 5.41) is 2.61. The van der Waals surface area contributed by atoms with E-state index < -0.39 is 21.5 Å². The molecule has 0 aliphatic heterocycles. The molecule has 3 aromatic rings. The first-order valence-electron chi connectivity index (χ1n) is 10.7. The zero-order valence-electron chi connectivity index (χ0n) is 19.0. The summed E-state index contributed by atoms with van der Waals surface area (Å²) in [6.45, 7) is 6.25. The molecular formula is C26H28N2O4S. The van der Waals surface area contributed by atoms with Crippen molar-refractivity contribution < 1.29 is 18.0 Å². The third-order valence-corrected chi connectivity index (χ3v) is 6.60. The number of hydrogen-bond donors (Lipinski definition) is 1. The van der Waals surface area contributed by atoms with E-state index in [1.807, 2.05) is 57.2 Å². The molecule has 3 rings (SSSR count). The molecule has 7 heteroatoms. The monoisotopic (exact) mass is 464 g/mol. The van der Waals surface area contributed by atoms with Crippen molar-refractivity contribution in [3.8, 4) is 0 Å². The van der Waals surface area contributed by atoms with Crippen LogP contribution >= 0.6 is 0 Å². The normalized spacial score (nSPS) is 11.1. The van der Waals surface area contributed by atoms with Crippen molar-refractivity contribution in [1.82, 2.24) is 0 Å². The number of aryl methyl sites for hydroxylation is 2. The SMILES string of the molecule is CCN(C(=O)c1cccc(CS(=O)(=O)CC(=O)Nc2ccc(C)cc2)c1)c1cccc(C)c1. The molecule has 0 saturated carbocycles. The van der Waals surface area contributed by atoms with Gasteiger partial charge >= 0.3 is 0 Å². The highest BCUT2D eigenvalue weighted by molar-refractivity contribution is 7.91. The van der Waals surface area contributed by atoms with E-state index in [1.165, 1.54) is 0 Å². The molecule has 0 aliphatic carbocycles. The largest absolute Gasteiger partial charge is 0.325 e. The number of hydrogen-bond acceptors (Lipinski definition) is 4. The summed E-state index contributed by atoms with van der Waals surface area (Å²) in [4.78, 5) is 27.0. The van der Waals surface area contributed by atoms with Gasteiger partial charge in [0.05, 0.1) is 5.75 Å². The zero-order valence-corrected chi connectivity index (χ0v) is 19.9. The third-order valence-electron chi connectivity index (χ3n) is 5.12. The van der Waals surface area contributed by atoms with Crippen LogP contribution in [0.25, 0.3) is 0 Å². The average Bonchev–Trinajstić information content (AvgIpc) is 2.75. The van der Waals surface area contributed by atoms with E-state index in [4.69, 9.17) is 0 Å². The van der Waals surface area contributed by atoms with Crippen LogP contribution in [0.1, 0.15) is 34.0 Å². The summed E-state index contributed by atoms with van der Waals surface area (Å²) in [6.07, 6.45) is 0. The molecule has 0 heterocycles. The van der Waals surface area contributed by atoms with Crippen molar-refractivity contribution in [2.24, 2.45) is 0 Å². The molecule has 0 aliphatic rings. The number of benzene rings is 3. The van der Waals surface area contributed by atoms with Gasteiger partial charge < -0.3 is 10.2 Å². The fourth-order valence-corrected chi connectivity index (χ4v) is 4.79. The van der Waals surface area contributed by atoms with E-state index in [0.29, 0.717) is 23.4 Å². The Labute approximate surface area is 195 Å². The standard InChI is InChI=1S/C26H28N2O4S/c1-4-28(24-10-5-7-20(3)15-24)26(30)22-9-6-8-21(16-22)17-33(31,32)18-25(29)27-23-13-11-19(2)12-14-23/h5-16H,4,17-18H2,1-3H3,(H,27,29). The number of nitrogens with zero attached hydrogens (tertiary/aromatic N) is 1. The third kappa shape index (κ3) is 6.76. The first-order valence-corrected chi connectivity index (χ1v) is 12.5. The second-order valence-electron chi connectivity index (χ2n) is 8.04. The van der Waals surface area contributed by atoms with Gasteiger partial charge in [0, 0.05) is 23.5 Å². The Bertz CT molecular complexity index is 1250. The minimum atomic E-state index is -3.73. The zero-order chi connectivity index (χ0) is 24.0. The number of anilines is 2. The van der Waals surface area contributed by atoms with E-state index in [2.05, 4.69) is 5.32 Å². The van der Waals surface area contributed by atoms with Crippen molar-refractivity contribution >= 4 is 33.0 Å².